The first-order valence-corrected chi connectivity index (χ1v) is 5.68. The average molecular weight is 229 g/mol. The van der Waals surface area contributed by atoms with Crippen molar-refractivity contribution in [3.8, 4) is 0 Å². The van der Waals surface area contributed by atoms with Gasteiger partial charge in [0.25, 0.3) is 0 Å². The summed E-state index contributed by atoms with van der Waals surface area (Å²) in [5, 5.41) is 3.21. The van der Waals surface area contributed by atoms with E-state index in [0.717, 1.165) is 36.5 Å². The Morgan fingerprint density at radius 2 is 1.88 bits per heavy atom. The minimum absolute atomic E-state index is 0.233. The molecular weight excluding hydrogens is 217 g/mol. The third kappa shape index (κ3) is 1.98. The Kier molecular flexibility index (Phi) is 2.48. The summed E-state index contributed by atoms with van der Waals surface area (Å²) in [6, 6.07) is 6.28. The Bertz CT molecular complexity index is 537. The van der Waals surface area contributed by atoms with Gasteiger partial charge in [-0.15, -0.1) is 0 Å². The molecule has 4 heteroatoms. The molecular formula is C13H12FN3. The third-order valence-electron chi connectivity index (χ3n) is 2.98. The first-order chi connectivity index (χ1) is 8.33. The Labute approximate surface area is 98.7 Å². The number of nitrogens with zero attached hydrogens (tertiary/aromatic N) is 2. The lowest BCUT2D eigenvalue weighted by Gasteiger charge is -2.09. The summed E-state index contributed by atoms with van der Waals surface area (Å²) >= 11 is 0. The molecule has 0 saturated carbocycles. The van der Waals surface area contributed by atoms with Crippen molar-refractivity contribution in [1.29, 1.82) is 0 Å². The molecule has 0 saturated heterocycles. The van der Waals surface area contributed by atoms with Crippen molar-refractivity contribution in [3.05, 3.63) is 47.7 Å². The van der Waals surface area contributed by atoms with E-state index in [-0.39, 0.29) is 5.82 Å². The van der Waals surface area contributed by atoms with Gasteiger partial charge in [-0.3, -0.25) is 0 Å². The standard InChI is InChI=1S/C13H12FN3/c14-9-4-6-10(7-5-9)17-13-11-2-1-3-12(11)15-8-16-13/h4-8H,1-3H2,(H,15,16,17). The van der Waals surface area contributed by atoms with Gasteiger partial charge < -0.3 is 5.32 Å². The van der Waals surface area contributed by atoms with Gasteiger partial charge in [0, 0.05) is 16.9 Å². The highest BCUT2D eigenvalue weighted by atomic mass is 19.1. The Morgan fingerprint density at radius 1 is 1.06 bits per heavy atom. The number of aryl methyl sites for hydroxylation is 1. The minimum Gasteiger partial charge on any atom is -0.340 e. The first-order valence-electron chi connectivity index (χ1n) is 5.68. The zero-order valence-corrected chi connectivity index (χ0v) is 9.28. The van der Waals surface area contributed by atoms with Crippen LogP contribution in [0.2, 0.25) is 0 Å². The normalized spacial score (nSPS) is 13.5. The molecule has 17 heavy (non-hydrogen) atoms. The molecule has 1 heterocycles. The number of hydrogen-bond acceptors (Lipinski definition) is 3. The van der Waals surface area contributed by atoms with Gasteiger partial charge in [0.1, 0.15) is 18.0 Å². The van der Waals surface area contributed by atoms with Crippen LogP contribution in [-0.4, -0.2) is 9.97 Å². The van der Waals surface area contributed by atoms with Crippen LogP contribution >= 0.6 is 0 Å². The summed E-state index contributed by atoms with van der Waals surface area (Å²) in [6.45, 7) is 0. The van der Waals surface area contributed by atoms with E-state index in [1.54, 1.807) is 18.5 Å². The van der Waals surface area contributed by atoms with E-state index in [2.05, 4.69) is 15.3 Å². The van der Waals surface area contributed by atoms with Gasteiger partial charge in [-0.25, -0.2) is 14.4 Å². The van der Waals surface area contributed by atoms with Gasteiger partial charge in [0.15, 0.2) is 0 Å². The monoisotopic (exact) mass is 229 g/mol. The van der Waals surface area contributed by atoms with Gasteiger partial charge in [0.05, 0.1) is 0 Å². The lowest BCUT2D eigenvalue weighted by atomic mass is 10.2. The van der Waals surface area contributed by atoms with Crippen molar-refractivity contribution in [3.63, 3.8) is 0 Å². The molecule has 1 aromatic carbocycles. The second kappa shape index (κ2) is 4.13. The predicted octanol–water partition coefficient (Wildman–Crippen LogP) is 2.85. The molecule has 86 valence electrons. The van der Waals surface area contributed by atoms with Crippen molar-refractivity contribution >= 4 is 11.5 Å². The van der Waals surface area contributed by atoms with Crippen LogP contribution in [0.15, 0.2) is 30.6 Å². The fraction of sp³-hybridized carbons (Fsp3) is 0.231. The van der Waals surface area contributed by atoms with Crippen molar-refractivity contribution in [2.24, 2.45) is 0 Å². The maximum absolute atomic E-state index is 12.8. The molecule has 0 aliphatic heterocycles. The van der Waals surface area contributed by atoms with E-state index in [4.69, 9.17) is 0 Å². The van der Waals surface area contributed by atoms with Crippen molar-refractivity contribution < 1.29 is 4.39 Å². The van der Waals surface area contributed by atoms with E-state index in [0.29, 0.717) is 0 Å². The summed E-state index contributed by atoms with van der Waals surface area (Å²) in [4.78, 5) is 8.52. The number of benzene rings is 1. The Morgan fingerprint density at radius 3 is 2.71 bits per heavy atom. The van der Waals surface area contributed by atoms with Gasteiger partial charge in [-0.05, 0) is 43.5 Å². The van der Waals surface area contributed by atoms with Crippen LogP contribution in [0, 0.1) is 5.82 Å². The molecule has 1 N–H and O–H groups in total. The summed E-state index contributed by atoms with van der Waals surface area (Å²) < 4.78 is 12.8. The molecule has 0 atom stereocenters. The van der Waals surface area contributed by atoms with Crippen molar-refractivity contribution in [1.82, 2.24) is 9.97 Å². The molecule has 1 aliphatic rings. The van der Waals surface area contributed by atoms with Crippen LogP contribution < -0.4 is 5.32 Å². The number of aromatic nitrogens is 2. The van der Waals surface area contributed by atoms with Crippen molar-refractivity contribution in [2.45, 2.75) is 19.3 Å². The molecule has 1 aliphatic carbocycles. The fourth-order valence-electron chi connectivity index (χ4n) is 2.14. The number of nitrogens with one attached hydrogen (secondary N) is 1. The van der Waals surface area contributed by atoms with Crippen LogP contribution in [0.3, 0.4) is 0 Å². The Balaban J connectivity index is 1.91. The zero-order valence-electron chi connectivity index (χ0n) is 9.28. The summed E-state index contributed by atoms with van der Waals surface area (Å²) in [7, 11) is 0. The number of rotatable bonds is 2. The molecule has 2 aromatic rings. The fourth-order valence-corrected chi connectivity index (χ4v) is 2.14. The molecule has 3 rings (SSSR count). The van der Waals surface area contributed by atoms with Gasteiger partial charge in [-0.1, -0.05) is 0 Å². The lowest BCUT2D eigenvalue weighted by molar-refractivity contribution is 0.628. The summed E-state index contributed by atoms with van der Waals surface area (Å²) in [6.07, 6.45) is 4.75. The maximum Gasteiger partial charge on any atom is 0.137 e. The third-order valence-corrected chi connectivity index (χ3v) is 2.98. The van der Waals surface area contributed by atoms with Gasteiger partial charge >= 0.3 is 0 Å². The number of fused-ring (bicyclic) bond motifs is 1. The molecule has 3 nitrogen and oxygen atoms in total. The van der Waals surface area contributed by atoms with Crippen LogP contribution in [-0.2, 0) is 12.8 Å². The molecule has 0 amide bonds. The first kappa shape index (κ1) is 10.2. The number of anilines is 2. The lowest BCUT2D eigenvalue weighted by Crippen LogP contribution is -2.00. The van der Waals surface area contributed by atoms with Crippen LogP contribution in [0.5, 0.6) is 0 Å². The second-order valence-electron chi connectivity index (χ2n) is 4.13. The average Bonchev–Trinajstić information content (AvgIpc) is 2.81. The molecule has 0 unspecified atom stereocenters. The molecule has 1 aromatic heterocycles. The van der Waals surface area contributed by atoms with Crippen LogP contribution in [0.1, 0.15) is 17.7 Å². The van der Waals surface area contributed by atoms with E-state index in [9.17, 15) is 4.39 Å². The predicted molar refractivity (Wildman–Crippen MR) is 63.7 cm³/mol. The Hall–Kier alpha value is -1.97. The van der Waals surface area contributed by atoms with E-state index >= 15 is 0 Å². The van der Waals surface area contributed by atoms with E-state index < -0.39 is 0 Å². The van der Waals surface area contributed by atoms with Gasteiger partial charge in [-0.2, -0.15) is 0 Å². The summed E-state index contributed by atoms with van der Waals surface area (Å²) in [5.74, 6) is 0.613. The molecule has 0 spiro atoms. The quantitative estimate of drug-likeness (QED) is 0.860. The highest BCUT2D eigenvalue weighted by molar-refractivity contribution is 5.60. The van der Waals surface area contributed by atoms with E-state index in [1.807, 2.05) is 0 Å². The van der Waals surface area contributed by atoms with E-state index in [1.165, 1.54) is 17.7 Å². The van der Waals surface area contributed by atoms with Crippen LogP contribution in [0.25, 0.3) is 0 Å². The maximum atomic E-state index is 12.8. The molecule has 0 bridgehead atoms. The molecule has 0 radical (unpaired) electrons. The topological polar surface area (TPSA) is 37.8 Å². The van der Waals surface area contributed by atoms with Gasteiger partial charge in [0.2, 0.25) is 0 Å². The van der Waals surface area contributed by atoms with Crippen LogP contribution in [0.4, 0.5) is 15.9 Å². The summed E-state index contributed by atoms with van der Waals surface area (Å²) in [5.41, 5.74) is 3.17. The van der Waals surface area contributed by atoms with Crippen molar-refractivity contribution in [2.75, 3.05) is 5.32 Å². The smallest absolute Gasteiger partial charge is 0.137 e. The number of hydrogen-bond donors (Lipinski definition) is 1. The largest absolute Gasteiger partial charge is 0.340 e. The second-order valence-corrected chi connectivity index (χ2v) is 4.13. The SMILES string of the molecule is Fc1ccc(Nc2ncnc3c2CCC3)cc1. The molecule has 0 fully saturated rings. The highest BCUT2D eigenvalue weighted by Crippen LogP contribution is 2.27. The highest BCUT2D eigenvalue weighted by Gasteiger charge is 2.16. The number of halogens is 1. The zero-order chi connectivity index (χ0) is 11.7. The minimum atomic E-state index is -0.233.